The van der Waals surface area contributed by atoms with E-state index in [1.54, 1.807) is 18.6 Å². The average Bonchev–Trinajstić information content (AvgIpc) is 2.54. The first-order valence-electron chi connectivity index (χ1n) is 4.71. The molecule has 6 nitrogen and oxygen atoms in total. The maximum absolute atomic E-state index is 11.4. The van der Waals surface area contributed by atoms with Crippen molar-refractivity contribution < 1.29 is 13.2 Å². The summed E-state index contributed by atoms with van der Waals surface area (Å²) in [4.78, 5) is 0. The van der Waals surface area contributed by atoms with Crippen LogP contribution < -0.4 is 0 Å². The number of H-pyrrole nitrogens is 1. The molecule has 0 saturated carbocycles. The first kappa shape index (κ1) is 13.3. The van der Waals surface area contributed by atoms with Gasteiger partial charge in [0.15, 0.2) is 14.6 Å². The summed E-state index contributed by atoms with van der Waals surface area (Å²) >= 11 is 5.02. The fourth-order valence-corrected chi connectivity index (χ4v) is 2.02. The maximum Gasteiger partial charge on any atom is 0.195 e. The van der Waals surface area contributed by atoms with Crippen molar-refractivity contribution in [1.29, 1.82) is 0 Å². The zero-order valence-electron chi connectivity index (χ0n) is 9.43. The van der Waals surface area contributed by atoms with Gasteiger partial charge < -0.3 is 9.30 Å². The molecule has 8 heteroatoms. The highest BCUT2D eigenvalue weighted by molar-refractivity contribution is 7.90. The Hall–Kier alpha value is -0.730. The second-order valence-corrected chi connectivity index (χ2v) is 6.26. The number of methoxy groups -OCH3 is 1. The summed E-state index contributed by atoms with van der Waals surface area (Å²) in [6.07, 6.45) is 1.18. The van der Waals surface area contributed by atoms with Crippen LogP contribution in [-0.2, 0) is 21.1 Å². The van der Waals surface area contributed by atoms with Crippen LogP contribution in [0, 0.1) is 4.77 Å². The van der Waals surface area contributed by atoms with Gasteiger partial charge in [-0.1, -0.05) is 0 Å². The fraction of sp³-hybridized carbons (Fsp3) is 0.750. The minimum atomic E-state index is -3.18. The lowest BCUT2D eigenvalue weighted by Gasteiger charge is -2.10. The molecule has 1 aromatic heterocycles. The molecule has 1 aromatic rings. The van der Waals surface area contributed by atoms with Gasteiger partial charge >= 0.3 is 0 Å². The van der Waals surface area contributed by atoms with Gasteiger partial charge in [-0.05, 0) is 19.1 Å². The minimum absolute atomic E-state index is 0.405. The van der Waals surface area contributed by atoms with E-state index >= 15 is 0 Å². The molecule has 0 aliphatic rings. The fourth-order valence-electron chi connectivity index (χ4n) is 1.23. The van der Waals surface area contributed by atoms with E-state index in [9.17, 15) is 8.42 Å². The quantitative estimate of drug-likeness (QED) is 0.793. The molecule has 0 spiro atoms. The third-order valence-electron chi connectivity index (χ3n) is 2.31. The van der Waals surface area contributed by atoms with Crippen molar-refractivity contribution in [3.8, 4) is 0 Å². The van der Waals surface area contributed by atoms with Gasteiger partial charge in [-0.15, -0.1) is 0 Å². The van der Waals surface area contributed by atoms with Crippen molar-refractivity contribution in [3.63, 3.8) is 0 Å². The van der Waals surface area contributed by atoms with E-state index in [4.69, 9.17) is 17.0 Å². The molecule has 92 valence electrons. The van der Waals surface area contributed by atoms with Crippen LogP contribution in [0.4, 0.5) is 0 Å². The molecule has 1 heterocycles. The largest absolute Gasteiger partial charge is 0.383 e. The second kappa shape index (κ2) is 5.07. The Balaban J connectivity index is 3.10. The molecule has 1 atom stereocenters. The third-order valence-corrected chi connectivity index (χ3v) is 4.12. The van der Waals surface area contributed by atoms with Crippen LogP contribution in [0.15, 0.2) is 0 Å². The molecule has 0 aliphatic heterocycles. The molecule has 0 amide bonds. The lowest BCUT2D eigenvalue weighted by molar-refractivity contribution is 0.186. The number of ether oxygens (including phenoxy) is 1. The molecular weight excluding hydrogens is 250 g/mol. The lowest BCUT2D eigenvalue weighted by atomic mass is 10.4. The van der Waals surface area contributed by atoms with Crippen molar-refractivity contribution in [2.24, 2.45) is 0 Å². The highest BCUT2D eigenvalue weighted by Gasteiger charge is 2.23. The molecule has 0 aromatic carbocycles. The van der Waals surface area contributed by atoms with E-state index < -0.39 is 15.1 Å². The van der Waals surface area contributed by atoms with E-state index in [1.807, 2.05) is 0 Å². The van der Waals surface area contributed by atoms with Crippen LogP contribution in [-0.4, -0.2) is 43.2 Å². The SMILES string of the molecule is COCCn1c(C(C)S(C)(=O)=O)n[nH]c1=S. The molecule has 0 bridgehead atoms. The zero-order valence-corrected chi connectivity index (χ0v) is 11.1. The maximum atomic E-state index is 11.4. The number of hydrogen-bond donors (Lipinski definition) is 1. The summed E-state index contributed by atoms with van der Waals surface area (Å²) in [7, 11) is -1.61. The number of aromatic amines is 1. The molecule has 0 fully saturated rings. The summed E-state index contributed by atoms with van der Waals surface area (Å²) in [5, 5.41) is 5.86. The Morgan fingerprint density at radius 2 is 2.25 bits per heavy atom. The highest BCUT2D eigenvalue weighted by Crippen LogP contribution is 2.18. The van der Waals surface area contributed by atoms with Crippen LogP contribution in [0.1, 0.15) is 18.0 Å². The van der Waals surface area contributed by atoms with E-state index in [-0.39, 0.29) is 0 Å². The summed E-state index contributed by atoms with van der Waals surface area (Å²) in [6, 6.07) is 0. The van der Waals surface area contributed by atoms with Crippen molar-refractivity contribution in [1.82, 2.24) is 14.8 Å². The predicted octanol–water partition coefficient (Wildman–Crippen LogP) is 0.693. The lowest BCUT2D eigenvalue weighted by Crippen LogP contribution is -2.16. The van der Waals surface area contributed by atoms with Gasteiger partial charge in [0.05, 0.1) is 13.2 Å². The second-order valence-electron chi connectivity index (χ2n) is 3.50. The number of rotatable bonds is 5. The van der Waals surface area contributed by atoms with Crippen LogP contribution in [0.3, 0.4) is 0 Å². The monoisotopic (exact) mass is 265 g/mol. The molecule has 16 heavy (non-hydrogen) atoms. The Kier molecular flexibility index (Phi) is 4.22. The van der Waals surface area contributed by atoms with Gasteiger partial charge in [-0.3, -0.25) is 5.10 Å². The molecular formula is C8H15N3O3S2. The van der Waals surface area contributed by atoms with Crippen molar-refractivity contribution >= 4 is 22.1 Å². The number of hydrogen-bond acceptors (Lipinski definition) is 5. The van der Waals surface area contributed by atoms with Gasteiger partial charge in [-0.25, -0.2) is 8.42 Å². The molecule has 0 saturated heterocycles. The number of aromatic nitrogens is 3. The Morgan fingerprint density at radius 1 is 1.62 bits per heavy atom. The molecule has 0 aliphatic carbocycles. The van der Waals surface area contributed by atoms with Crippen molar-refractivity contribution in [2.75, 3.05) is 20.0 Å². The third kappa shape index (κ3) is 2.89. The van der Waals surface area contributed by atoms with Crippen LogP contribution >= 0.6 is 12.2 Å². The topological polar surface area (TPSA) is 77.0 Å². The number of nitrogens with one attached hydrogen (secondary N) is 1. The van der Waals surface area contributed by atoms with Crippen molar-refractivity contribution in [2.45, 2.75) is 18.7 Å². The molecule has 1 unspecified atom stereocenters. The molecule has 1 rings (SSSR count). The van der Waals surface area contributed by atoms with E-state index in [0.29, 0.717) is 23.7 Å². The normalized spacial score (nSPS) is 13.9. The van der Waals surface area contributed by atoms with Gasteiger partial charge in [0.1, 0.15) is 11.1 Å². The van der Waals surface area contributed by atoms with Gasteiger partial charge in [0, 0.05) is 13.4 Å². The van der Waals surface area contributed by atoms with Crippen LogP contribution in [0.5, 0.6) is 0 Å². The number of sulfone groups is 1. The number of nitrogens with zero attached hydrogens (tertiary/aromatic N) is 2. The van der Waals surface area contributed by atoms with Gasteiger partial charge in [-0.2, -0.15) is 5.10 Å². The van der Waals surface area contributed by atoms with Gasteiger partial charge in [0.2, 0.25) is 0 Å². The Bertz CT molecular complexity index is 503. The predicted molar refractivity (Wildman–Crippen MR) is 62.5 cm³/mol. The summed E-state index contributed by atoms with van der Waals surface area (Å²) < 4.78 is 29.8. The average molecular weight is 265 g/mol. The summed E-state index contributed by atoms with van der Waals surface area (Å²) in [5.41, 5.74) is 0. The zero-order chi connectivity index (χ0) is 12.3. The van der Waals surface area contributed by atoms with E-state index in [2.05, 4.69) is 10.2 Å². The molecule has 1 N–H and O–H groups in total. The summed E-state index contributed by atoms with van der Waals surface area (Å²) in [5.74, 6) is 0.421. The smallest absolute Gasteiger partial charge is 0.195 e. The van der Waals surface area contributed by atoms with Gasteiger partial charge in [0.25, 0.3) is 0 Å². The van der Waals surface area contributed by atoms with E-state index in [1.165, 1.54) is 6.26 Å². The van der Waals surface area contributed by atoms with E-state index in [0.717, 1.165) is 0 Å². The first-order chi connectivity index (χ1) is 7.38. The Labute approximate surface area is 99.5 Å². The minimum Gasteiger partial charge on any atom is -0.383 e. The highest BCUT2D eigenvalue weighted by atomic mass is 32.2. The van der Waals surface area contributed by atoms with Crippen LogP contribution in [0.2, 0.25) is 0 Å². The standard InChI is InChI=1S/C8H15N3O3S2/c1-6(16(3,12)13)7-9-10-8(15)11(7)4-5-14-2/h6H,4-5H2,1-3H3,(H,10,15). The van der Waals surface area contributed by atoms with Crippen LogP contribution in [0.25, 0.3) is 0 Å². The molecule has 0 radical (unpaired) electrons. The first-order valence-corrected chi connectivity index (χ1v) is 7.07. The van der Waals surface area contributed by atoms with Crippen molar-refractivity contribution in [3.05, 3.63) is 10.6 Å². The summed E-state index contributed by atoms with van der Waals surface area (Å²) in [6.45, 7) is 2.53. The Morgan fingerprint density at radius 3 is 2.75 bits per heavy atom.